The molecule has 84 valence electrons. The quantitative estimate of drug-likeness (QED) is 0.828. The maximum absolute atomic E-state index is 11.7. The zero-order chi connectivity index (χ0) is 12.3. The summed E-state index contributed by atoms with van der Waals surface area (Å²) < 4.78 is 0. The number of amides is 1. The summed E-state index contributed by atoms with van der Waals surface area (Å²) in [5.41, 5.74) is -0.769. The van der Waals surface area contributed by atoms with Crippen molar-refractivity contribution in [2.45, 2.75) is 19.4 Å². The van der Waals surface area contributed by atoms with Crippen molar-refractivity contribution < 1.29 is 4.79 Å². The molecule has 0 fully saturated rings. The minimum absolute atomic E-state index is 0.0127. The highest BCUT2D eigenvalue weighted by molar-refractivity contribution is 6.34. The van der Waals surface area contributed by atoms with Crippen molar-refractivity contribution in [3.8, 4) is 6.07 Å². The second-order valence-electron chi connectivity index (χ2n) is 3.66. The average Bonchev–Trinajstić information content (AvgIpc) is 2.16. The average molecular weight is 258 g/mol. The van der Waals surface area contributed by atoms with Gasteiger partial charge >= 0.3 is 0 Å². The lowest BCUT2D eigenvalue weighted by atomic mass is 10.1. The number of nitriles is 1. The standard InChI is InChI=1S/C10H9Cl2N3O/c1-10(2,5-13)15-9(16)6-3-4-7(11)14-8(6)12/h3-4H,1-2H3,(H,15,16). The van der Waals surface area contributed by atoms with Gasteiger partial charge in [0.1, 0.15) is 15.8 Å². The van der Waals surface area contributed by atoms with E-state index in [1.54, 1.807) is 13.8 Å². The van der Waals surface area contributed by atoms with Gasteiger partial charge in [0.05, 0.1) is 11.6 Å². The number of carbonyl (C=O) groups excluding carboxylic acids is 1. The van der Waals surface area contributed by atoms with Crippen LogP contribution >= 0.6 is 23.2 Å². The molecule has 4 nitrogen and oxygen atoms in total. The molecule has 1 amide bonds. The molecule has 1 heterocycles. The molecule has 1 aromatic rings. The zero-order valence-electron chi connectivity index (χ0n) is 8.71. The van der Waals surface area contributed by atoms with Crippen LogP contribution in [0.15, 0.2) is 12.1 Å². The first-order chi connectivity index (χ1) is 7.35. The van der Waals surface area contributed by atoms with E-state index in [1.807, 2.05) is 6.07 Å². The third-order valence-corrected chi connectivity index (χ3v) is 2.26. The second kappa shape index (κ2) is 4.69. The summed E-state index contributed by atoms with van der Waals surface area (Å²) in [6.07, 6.45) is 0. The van der Waals surface area contributed by atoms with E-state index in [-0.39, 0.29) is 15.9 Å². The number of pyridine rings is 1. The Morgan fingerprint density at radius 2 is 2.12 bits per heavy atom. The first-order valence-electron chi connectivity index (χ1n) is 4.41. The van der Waals surface area contributed by atoms with Crippen LogP contribution in [-0.4, -0.2) is 16.4 Å². The summed E-state index contributed by atoms with van der Waals surface area (Å²) in [4.78, 5) is 15.5. The summed E-state index contributed by atoms with van der Waals surface area (Å²) in [6, 6.07) is 4.87. The van der Waals surface area contributed by atoms with Crippen LogP contribution < -0.4 is 5.32 Å². The smallest absolute Gasteiger partial charge is 0.255 e. The predicted octanol–water partition coefficient (Wildman–Crippen LogP) is 2.42. The molecule has 0 aliphatic heterocycles. The van der Waals surface area contributed by atoms with Gasteiger partial charge in [0.2, 0.25) is 0 Å². The van der Waals surface area contributed by atoms with Gasteiger partial charge in [-0.3, -0.25) is 4.79 Å². The topological polar surface area (TPSA) is 65.8 Å². The predicted molar refractivity (Wildman–Crippen MR) is 61.4 cm³/mol. The van der Waals surface area contributed by atoms with Gasteiger partial charge in [-0.25, -0.2) is 4.98 Å². The van der Waals surface area contributed by atoms with E-state index in [1.165, 1.54) is 12.1 Å². The summed E-state index contributed by atoms with van der Waals surface area (Å²) >= 11 is 11.4. The van der Waals surface area contributed by atoms with E-state index < -0.39 is 11.4 Å². The van der Waals surface area contributed by atoms with Gasteiger partial charge in [-0.05, 0) is 26.0 Å². The summed E-state index contributed by atoms with van der Waals surface area (Å²) in [6.45, 7) is 3.17. The number of nitrogens with one attached hydrogen (secondary N) is 1. The van der Waals surface area contributed by atoms with Crippen molar-refractivity contribution in [2.75, 3.05) is 0 Å². The summed E-state index contributed by atoms with van der Waals surface area (Å²) in [7, 11) is 0. The van der Waals surface area contributed by atoms with E-state index in [2.05, 4.69) is 10.3 Å². The first kappa shape index (κ1) is 12.8. The van der Waals surface area contributed by atoms with Crippen LogP contribution in [0.25, 0.3) is 0 Å². The maximum Gasteiger partial charge on any atom is 0.255 e. The van der Waals surface area contributed by atoms with Crippen LogP contribution in [0, 0.1) is 11.3 Å². The highest BCUT2D eigenvalue weighted by Crippen LogP contribution is 2.17. The molecule has 0 spiro atoms. The number of carbonyl (C=O) groups is 1. The molecule has 0 aromatic carbocycles. The fourth-order valence-corrected chi connectivity index (χ4v) is 1.39. The van der Waals surface area contributed by atoms with E-state index in [9.17, 15) is 4.79 Å². The van der Waals surface area contributed by atoms with Gasteiger partial charge in [0, 0.05) is 0 Å². The molecule has 0 aliphatic rings. The van der Waals surface area contributed by atoms with Crippen molar-refractivity contribution in [3.05, 3.63) is 28.0 Å². The number of hydrogen-bond donors (Lipinski definition) is 1. The zero-order valence-corrected chi connectivity index (χ0v) is 10.2. The molecule has 1 aromatic heterocycles. The van der Waals surface area contributed by atoms with E-state index in [0.29, 0.717) is 0 Å². The molecule has 0 bridgehead atoms. The number of hydrogen-bond acceptors (Lipinski definition) is 3. The Morgan fingerprint density at radius 3 is 2.62 bits per heavy atom. The Labute approximate surface area is 103 Å². The van der Waals surface area contributed by atoms with Gasteiger partial charge in [-0.15, -0.1) is 0 Å². The Bertz CT molecular complexity index is 466. The van der Waals surface area contributed by atoms with Crippen molar-refractivity contribution in [3.63, 3.8) is 0 Å². The van der Waals surface area contributed by atoms with Crippen LogP contribution in [0.2, 0.25) is 10.3 Å². The molecule has 6 heteroatoms. The molecule has 1 rings (SSSR count). The Balaban J connectivity index is 2.95. The lowest BCUT2D eigenvalue weighted by Gasteiger charge is -2.17. The van der Waals surface area contributed by atoms with Crippen molar-refractivity contribution >= 4 is 29.1 Å². The second-order valence-corrected chi connectivity index (χ2v) is 4.41. The van der Waals surface area contributed by atoms with Gasteiger partial charge in [-0.1, -0.05) is 23.2 Å². The molecule has 16 heavy (non-hydrogen) atoms. The molecule has 0 saturated heterocycles. The monoisotopic (exact) mass is 257 g/mol. The Hall–Kier alpha value is -1.31. The molecule has 0 atom stereocenters. The highest BCUT2D eigenvalue weighted by atomic mass is 35.5. The van der Waals surface area contributed by atoms with Gasteiger partial charge in [0.25, 0.3) is 5.91 Å². The highest BCUT2D eigenvalue weighted by Gasteiger charge is 2.22. The molecule has 0 radical (unpaired) electrons. The largest absolute Gasteiger partial charge is 0.334 e. The van der Waals surface area contributed by atoms with Crippen LogP contribution in [0.3, 0.4) is 0 Å². The summed E-state index contributed by atoms with van der Waals surface area (Å²) in [5.74, 6) is -0.458. The third-order valence-electron chi connectivity index (χ3n) is 1.76. The fourth-order valence-electron chi connectivity index (χ4n) is 0.961. The molecular weight excluding hydrogens is 249 g/mol. The number of rotatable bonds is 2. The maximum atomic E-state index is 11.7. The van der Waals surface area contributed by atoms with E-state index >= 15 is 0 Å². The third kappa shape index (κ3) is 3.09. The molecule has 0 unspecified atom stereocenters. The number of halogens is 2. The first-order valence-corrected chi connectivity index (χ1v) is 5.17. The lowest BCUT2D eigenvalue weighted by Crippen LogP contribution is -2.42. The summed E-state index contributed by atoms with van der Waals surface area (Å²) in [5, 5.41) is 11.5. The molecule has 0 saturated carbocycles. The number of nitrogens with zero attached hydrogens (tertiary/aromatic N) is 2. The normalized spacial score (nSPS) is 10.7. The van der Waals surface area contributed by atoms with Crippen molar-refractivity contribution in [1.29, 1.82) is 5.26 Å². The van der Waals surface area contributed by atoms with Crippen LogP contribution in [-0.2, 0) is 0 Å². The van der Waals surface area contributed by atoms with Crippen LogP contribution in [0.4, 0.5) is 0 Å². The minimum atomic E-state index is -0.958. The van der Waals surface area contributed by atoms with Gasteiger partial charge in [-0.2, -0.15) is 5.26 Å². The Morgan fingerprint density at radius 1 is 1.50 bits per heavy atom. The van der Waals surface area contributed by atoms with Crippen LogP contribution in [0.5, 0.6) is 0 Å². The van der Waals surface area contributed by atoms with Crippen molar-refractivity contribution in [2.24, 2.45) is 0 Å². The lowest BCUT2D eigenvalue weighted by molar-refractivity contribution is 0.0929. The SMILES string of the molecule is CC(C)(C#N)NC(=O)c1ccc(Cl)nc1Cl. The van der Waals surface area contributed by atoms with Gasteiger partial charge in [0.15, 0.2) is 0 Å². The molecular formula is C10H9Cl2N3O. The Kier molecular flexibility index (Phi) is 3.74. The number of aromatic nitrogens is 1. The van der Waals surface area contributed by atoms with E-state index in [0.717, 1.165) is 0 Å². The molecule has 1 N–H and O–H groups in total. The molecule has 0 aliphatic carbocycles. The minimum Gasteiger partial charge on any atom is -0.334 e. The van der Waals surface area contributed by atoms with E-state index in [4.69, 9.17) is 28.5 Å². The van der Waals surface area contributed by atoms with Gasteiger partial charge < -0.3 is 5.32 Å². The van der Waals surface area contributed by atoms with Crippen LogP contribution in [0.1, 0.15) is 24.2 Å². The fraction of sp³-hybridized carbons (Fsp3) is 0.300. The van der Waals surface area contributed by atoms with Crippen molar-refractivity contribution in [1.82, 2.24) is 10.3 Å².